The number of Topliss-reactive ketones (excluding diaryl/α,β-unsaturated/α-hetero) is 1. The maximum absolute atomic E-state index is 12.6. The van der Waals surface area contributed by atoms with Gasteiger partial charge in [-0.2, -0.15) is 4.73 Å². The Balaban J connectivity index is 1.64. The lowest BCUT2D eigenvalue weighted by Crippen LogP contribution is -2.12. The van der Waals surface area contributed by atoms with Gasteiger partial charge in [0, 0.05) is 35.0 Å². The monoisotopic (exact) mass is 447 g/mol. The molecule has 33 heavy (non-hydrogen) atoms. The fourth-order valence-electron chi connectivity index (χ4n) is 3.36. The molecule has 0 saturated heterocycles. The predicted octanol–water partition coefficient (Wildman–Crippen LogP) is 4.20. The highest BCUT2D eigenvalue weighted by Crippen LogP contribution is 2.34. The molecule has 1 aromatic heterocycles. The molecule has 0 aliphatic heterocycles. The molecule has 3 N–H and O–H groups in total. The second kappa shape index (κ2) is 8.42. The number of fused-ring (bicyclic) bond motifs is 1. The summed E-state index contributed by atoms with van der Waals surface area (Å²) in [5.41, 5.74) is 2.32. The molecule has 0 spiro atoms. The number of hydrogen-bond donors (Lipinski definition) is 3. The van der Waals surface area contributed by atoms with E-state index in [2.05, 4.69) is 10.3 Å². The molecular weight excluding hydrogens is 428 g/mol. The van der Waals surface area contributed by atoms with E-state index in [1.807, 2.05) is 0 Å². The van der Waals surface area contributed by atoms with Crippen molar-refractivity contribution in [3.8, 4) is 17.1 Å². The lowest BCUT2D eigenvalue weighted by atomic mass is 10.1. The molecule has 0 saturated carbocycles. The van der Waals surface area contributed by atoms with Crippen LogP contribution >= 0.6 is 0 Å². The molecule has 10 heteroatoms. The second-order valence-electron chi connectivity index (χ2n) is 7.20. The van der Waals surface area contributed by atoms with Crippen LogP contribution in [0.15, 0.2) is 60.7 Å². The number of carbonyl (C=O) groups is 2. The standard InChI is InChI=1S/C23H18N4O6/c1-13(28)14-3-5-15(6-4-14)23(29)24-16-7-9-18(21(11-16)33-2)22-25-19-10-8-17(27(31)32)12-20(19)26(22)30/h3-12,30H,1-2H3,(H-,24,25,29,31,32)/p+1. The zero-order chi connectivity index (χ0) is 23.7. The highest BCUT2D eigenvalue weighted by Gasteiger charge is 2.20. The van der Waals surface area contributed by atoms with Crippen LogP contribution in [0.25, 0.3) is 22.4 Å². The number of benzene rings is 3. The largest absolute Gasteiger partial charge is 0.496 e. The second-order valence-corrected chi connectivity index (χ2v) is 7.20. The quantitative estimate of drug-likeness (QED) is 0.229. The Morgan fingerprint density at radius 3 is 2.36 bits per heavy atom. The number of nitrogens with zero attached hydrogens (tertiary/aromatic N) is 3. The molecule has 4 aromatic rings. The van der Waals surface area contributed by atoms with Crippen molar-refractivity contribution in [1.29, 1.82) is 0 Å². The fourth-order valence-corrected chi connectivity index (χ4v) is 3.36. The van der Waals surface area contributed by atoms with Gasteiger partial charge in [-0.05, 0) is 37.3 Å². The number of ketones is 1. The molecule has 10 nitrogen and oxygen atoms in total. The van der Waals surface area contributed by atoms with Crippen molar-refractivity contribution in [2.75, 3.05) is 12.4 Å². The van der Waals surface area contributed by atoms with Gasteiger partial charge in [0.1, 0.15) is 11.3 Å². The van der Waals surface area contributed by atoms with Gasteiger partial charge in [0.25, 0.3) is 10.8 Å². The number of carbonyl (C=O) groups excluding carboxylic acids is 2. The van der Waals surface area contributed by atoms with E-state index >= 15 is 0 Å². The Morgan fingerprint density at radius 1 is 1.03 bits per heavy atom. The van der Waals surface area contributed by atoms with Crippen LogP contribution in [0.4, 0.5) is 11.4 Å². The van der Waals surface area contributed by atoms with Gasteiger partial charge >= 0.3 is 5.69 Å². The lowest BCUT2D eigenvalue weighted by Gasteiger charge is -2.11. The summed E-state index contributed by atoms with van der Waals surface area (Å²) in [6.45, 7) is 1.45. The van der Waals surface area contributed by atoms with E-state index in [1.165, 1.54) is 32.2 Å². The van der Waals surface area contributed by atoms with E-state index in [-0.39, 0.29) is 33.6 Å². The molecule has 1 amide bonds. The van der Waals surface area contributed by atoms with Gasteiger partial charge < -0.3 is 15.3 Å². The highest BCUT2D eigenvalue weighted by molar-refractivity contribution is 6.05. The molecule has 0 bridgehead atoms. The Kier molecular flexibility index (Phi) is 5.49. The SMILES string of the molecule is COc1cc(NC(=O)c2ccc(C(C)=O)cc2)ccc1-c1nc2ccc([N+](=O)O)cc2n1O. The average molecular weight is 447 g/mol. The Morgan fingerprint density at radius 2 is 1.73 bits per heavy atom. The number of rotatable bonds is 6. The Labute approximate surface area is 187 Å². The smallest absolute Gasteiger partial charge is 0.318 e. The van der Waals surface area contributed by atoms with Gasteiger partial charge in [-0.3, -0.25) is 9.59 Å². The summed E-state index contributed by atoms with van der Waals surface area (Å²) in [5.74, 6) is 0.0217. The molecule has 1 heterocycles. The van der Waals surface area contributed by atoms with E-state index < -0.39 is 0 Å². The van der Waals surface area contributed by atoms with Crippen LogP contribution in [0.5, 0.6) is 5.75 Å². The summed E-state index contributed by atoms with van der Waals surface area (Å²) >= 11 is 0. The third-order valence-electron chi connectivity index (χ3n) is 5.09. The summed E-state index contributed by atoms with van der Waals surface area (Å²) in [6, 6.07) is 15.3. The van der Waals surface area contributed by atoms with Gasteiger partial charge in [-0.1, -0.05) is 12.1 Å². The van der Waals surface area contributed by atoms with Crippen LogP contribution in [0.2, 0.25) is 0 Å². The van der Waals surface area contributed by atoms with Crippen molar-refractivity contribution in [2.45, 2.75) is 6.92 Å². The Bertz CT molecular complexity index is 1410. The highest BCUT2D eigenvalue weighted by atomic mass is 16.6. The summed E-state index contributed by atoms with van der Waals surface area (Å²) in [7, 11) is 1.44. The first-order valence-corrected chi connectivity index (χ1v) is 9.77. The van der Waals surface area contributed by atoms with E-state index in [1.54, 1.807) is 42.5 Å². The number of amides is 1. The fraction of sp³-hybridized carbons (Fsp3) is 0.0870. The van der Waals surface area contributed by atoms with Crippen molar-refractivity contribution in [2.24, 2.45) is 0 Å². The number of hydrogen-bond acceptors (Lipinski definition) is 6. The van der Waals surface area contributed by atoms with E-state index in [0.29, 0.717) is 33.6 Å². The minimum Gasteiger partial charge on any atom is -0.496 e. The number of anilines is 1. The van der Waals surface area contributed by atoms with Crippen LogP contribution in [-0.4, -0.2) is 43.9 Å². The lowest BCUT2D eigenvalue weighted by molar-refractivity contribution is -0.729. The predicted molar refractivity (Wildman–Crippen MR) is 118 cm³/mol. The third-order valence-corrected chi connectivity index (χ3v) is 5.09. The van der Waals surface area contributed by atoms with Crippen LogP contribution < -0.4 is 10.1 Å². The molecule has 0 aliphatic rings. The molecule has 0 aliphatic carbocycles. The number of ether oxygens (including phenoxy) is 1. The van der Waals surface area contributed by atoms with Crippen molar-refractivity contribution in [3.05, 3.63) is 76.7 Å². The van der Waals surface area contributed by atoms with Gasteiger partial charge in [0.2, 0.25) is 0 Å². The summed E-state index contributed by atoms with van der Waals surface area (Å²) in [5, 5.41) is 22.5. The summed E-state index contributed by atoms with van der Waals surface area (Å²) in [4.78, 5) is 39.2. The van der Waals surface area contributed by atoms with Crippen LogP contribution in [0, 0.1) is 4.91 Å². The number of nitrogens with one attached hydrogen (secondary N) is 1. The van der Waals surface area contributed by atoms with Crippen molar-refractivity contribution in [3.63, 3.8) is 0 Å². The first-order valence-electron chi connectivity index (χ1n) is 9.77. The Hall–Kier alpha value is -4.73. The molecule has 0 fully saturated rings. The summed E-state index contributed by atoms with van der Waals surface area (Å²) < 4.78 is 6.22. The van der Waals surface area contributed by atoms with Crippen LogP contribution in [-0.2, 0) is 0 Å². The van der Waals surface area contributed by atoms with Crippen molar-refractivity contribution >= 4 is 34.1 Å². The van der Waals surface area contributed by atoms with Gasteiger partial charge in [0.05, 0.1) is 23.1 Å². The summed E-state index contributed by atoms with van der Waals surface area (Å²) in [6.07, 6.45) is 0. The van der Waals surface area contributed by atoms with Crippen LogP contribution in [0.3, 0.4) is 0 Å². The topological polar surface area (TPSA) is 134 Å². The van der Waals surface area contributed by atoms with E-state index in [4.69, 9.17) is 9.94 Å². The third kappa shape index (κ3) is 4.09. The number of aromatic nitrogens is 2. The van der Waals surface area contributed by atoms with Crippen molar-refractivity contribution in [1.82, 2.24) is 9.71 Å². The van der Waals surface area contributed by atoms with Crippen LogP contribution in [0.1, 0.15) is 27.6 Å². The molecule has 3 aromatic carbocycles. The number of methoxy groups -OCH3 is 1. The molecule has 0 radical (unpaired) electrons. The van der Waals surface area contributed by atoms with E-state index in [0.717, 1.165) is 4.73 Å². The molecule has 0 atom stereocenters. The molecular formula is C23H19N4O6+. The molecule has 166 valence electrons. The van der Waals surface area contributed by atoms with Crippen molar-refractivity contribution < 1.29 is 29.7 Å². The van der Waals surface area contributed by atoms with E-state index in [9.17, 15) is 19.7 Å². The zero-order valence-corrected chi connectivity index (χ0v) is 17.6. The zero-order valence-electron chi connectivity index (χ0n) is 17.6. The normalized spacial score (nSPS) is 10.7. The minimum absolute atomic E-state index is 0.0642. The van der Waals surface area contributed by atoms with Gasteiger partial charge in [-0.25, -0.2) is 10.2 Å². The molecule has 4 rings (SSSR count). The average Bonchev–Trinajstić information content (AvgIpc) is 3.14. The first kappa shape index (κ1) is 21.5. The first-order chi connectivity index (χ1) is 15.8. The van der Waals surface area contributed by atoms with Gasteiger partial charge in [-0.15, -0.1) is 0 Å². The maximum atomic E-state index is 12.6. The number of imidazole rings is 1. The molecule has 0 unspecified atom stereocenters. The minimum atomic E-state index is -0.368. The maximum Gasteiger partial charge on any atom is 0.318 e. The van der Waals surface area contributed by atoms with Gasteiger partial charge in [0.15, 0.2) is 11.6 Å².